The molecule has 39 heavy (non-hydrogen) atoms. The van der Waals surface area contributed by atoms with Crippen molar-refractivity contribution in [2.24, 2.45) is 0 Å². The number of rotatable bonds is 10. The largest absolute Gasteiger partial charge is 0.494 e. The smallest absolute Gasteiger partial charge is 0.276 e. The minimum absolute atomic E-state index is 0.0586. The van der Waals surface area contributed by atoms with E-state index in [4.69, 9.17) is 4.74 Å². The van der Waals surface area contributed by atoms with Crippen LogP contribution in [0, 0.1) is 5.82 Å². The van der Waals surface area contributed by atoms with Crippen molar-refractivity contribution in [2.45, 2.75) is 13.1 Å². The van der Waals surface area contributed by atoms with E-state index in [0.717, 1.165) is 31.0 Å². The van der Waals surface area contributed by atoms with E-state index in [1.807, 2.05) is 39.3 Å². The number of methoxy groups -OCH3 is 1. The van der Waals surface area contributed by atoms with Gasteiger partial charge in [-0.15, -0.1) is 0 Å². The number of carbonyl (C=O) groups excluding carboxylic acids is 2. The van der Waals surface area contributed by atoms with Gasteiger partial charge in [0.15, 0.2) is 11.5 Å². The summed E-state index contributed by atoms with van der Waals surface area (Å²) < 4.78 is 22.1. The number of ether oxygens (including phenoxy) is 1. The topological polar surface area (TPSA) is 121 Å². The third kappa shape index (κ3) is 6.32. The minimum atomic E-state index is -0.826. The number of hydrogen-bond acceptors (Lipinski definition) is 9. The molecule has 0 unspecified atom stereocenters. The van der Waals surface area contributed by atoms with Gasteiger partial charge < -0.3 is 29.3 Å². The molecule has 4 rings (SSSR count). The Morgan fingerprint density at radius 2 is 1.97 bits per heavy atom. The molecule has 0 bridgehead atoms. The Bertz CT molecular complexity index is 1370. The molecule has 1 aromatic carbocycles. The number of imidazole rings is 1. The molecule has 0 atom stereocenters. The summed E-state index contributed by atoms with van der Waals surface area (Å²) in [6, 6.07) is 5.64. The lowest BCUT2D eigenvalue weighted by atomic mass is 10.2. The first kappa shape index (κ1) is 27.5. The fourth-order valence-corrected chi connectivity index (χ4v) is 4.06. The lowest BCUT2D eigenvalue weighted by molar-refractivity contribution is -0.112. The van der Waals surface area contributed by atoms with Crippen molar-refractivity contribution < 1.29 is 18.7 Å². The maximum absolute atomic E-state index is 14.7. The number of likely N-dealkylation sites (N-methyl/N-ethyl adjacent to an activating group) is 2. The van der Waals surface area contributed by atoms with Crippen LogP contribution in [0.4, 0.5) is 27.7 Å². The Kier molecular flexibility index (Phi) is 8.39. The highest BCUT2D eigenvalue weighted by molar-refractivity contribution is 5.97. The lowest BCUT2D eigenvalue weighted by Crippen LogP contribution is -2.39. The van der Waals surface area contributed by atoms with Gasteiger partial charge in [-0.2, -0.15) is 0 Å². The van der Waals surface area contributed by atoms with E-state index in [1.54, 1.807) is 17.9 Å². The summed E-state index contributed by atoms with van der Waals surface area (Å²) >= 11 is 0. The van der Waals surface area contributed by atoms with Crippen molar-refractivity contribution in [1.82, 2.24) is 29.3 Å². The SMILES string of the molecule is C=CC(=O)Nc1ncc2n1CCN(C(=O)c1nc(Nc3ccc(N(C)CCN(C)C)cc3OC)ncc1F)C2. The molecule has 0 saturated carbocycles. The monoisotopic (exact) mass is 537 g/mol. The zero-order valence-electron chi connectivity index (χ0n) is 22.4. The Balaban J connectivity index is 1.49. The Morgan fingerprint density at radius 1 is 1.18 bits per heavy atom. The van der Waals surface area contributed by atoms with Crippen molar-refractivity contribution in [2.75, 3.05) is 63.4 Å². The second-order valence-electron chi connectivity index (χ2n) is 9.27. The van der Waals surface area contributed by atoms with Crippen LogP contribution >= 0.6 is 0 Å². The maximum Gasteiger partial charge on any atom is 0.276 e. The second-order valence-corrected chi connectivity index (χ2v) is 9.27. The van der Waals surface area contributed by atoms with E-state index >= 15 is 0 Å². The summed E-state index contributed by atoms with van der Waals surface area (Å²) in [5.74, 6) is -0.810. The third-order valence-corrected chi connectivity index (χ3v) is 6.29. The van der Waals surface area contributed by atoms with E-state index in [9.17, 15) is 14.0 Å². The number of carbonyl (C=O) groups is 2. The molecule has 0 fully saturated rings. The van der Waals surface area contributed by atoms with E-state index in [1.165, 1.54) is 4.90 Å². The van der Waals surface area contributed by atoms with E-state index in [-0.39, 0.29) is 30.6 Å². The third-order valence-electron chi connectivity index (χ3n) is 6.29. The van der Waals surface area contributed by atoms with Gasteiger partial charge in [0.05, 0.1) is 37.4 Å². The number of hydrogen-bond donors (Lipinski definition) is 2. The molecule has 3 heterocycles. The Hall–Kier alpha value is -4.52. The van der Waals surface area contributed by atoms with Crippen molar-refractivity contribution in [3.8, 4) is 5.75 Å². The fourth-order valence-electron chi connectivity index (χ4n) is 4.06. The molecule has 3 aromatic rings. The quantitative estimate of drug-likeness (QED) is 0.376. The van der Waals surface area contributed by atoms with Crippen LogP contribution in [0.15, 0.2) is 43.2 Å². The highest BCUT2D eigenvalue weighted by Crippen LogP contribution is 2.31. The van der Waals surface area contributed by atoms with Gasteiger partial charge >= 0.3 is 0 Å². The van der Waals surface area contributed by atoms with Gasteiger partial charge in [0.25, 0.3) is 5.91 Å². The molecule has 2 N–H and O–H groups in total. The summed E-state index contributed by atoms with van der Waals surface area (Å²) in [7, 11) is 7.59. The number of nitrogens with zero attached hydrogens (tertiary/aromatic N) is 7. The molecular formula is C26H32FN9O3. The average Bonchev–Trinajstić information content (AvgIpc) is 3.34. The maximum atomic E-state index is 14.7. The summed E-state index contributed by atoms with van der Waals surface area (Å²) in [5, 5.41) is 5.67. The zero-order chi connectivity index (χ0) is 28.1. The number of amides is 2. The van der Waals surface area contributed by atoms with Gasteiger partial charge in [-0.25, -0.2) is 19.3 Å². The van der Waals surface area contributed by atoms with E-state index < -0.39 is 11.7 Å². The van der Waals surface area contributed by atoms with Gasteiger partial charge in [0, 0.05) is 45.0 Å². The highest BCUT2D eigenvalue weighted by atomic mass is 19.1. The Labute approximate surface area is 226 Å². The number of fused-ring (bicyclic) bond motifs is 1. The fraction of sp³-hybridized carbons (Fsp3) is 0.346. The van der Waals surface area contributed by atoms with Crippen molar-refractivity contribution in [1.29, 1.82) is 0 Å². The molecular weight excluding hydrogens is 505 g/mol. The van der Waals surface area contributed by atoms with Crippen LogP contribution in [0.3, 0.4) is 0 Å². The number of nitrogens with one attached hydrogen (secondary N) is 2. The van der Waals surface area contributed by atoms with Crippen LogP contribution in [0.25, 0.3) is 0 Å². The molecule has 2 amide bonds. The second kappa shape index (κ2) is 11.9. The van der Waals surface area contributed by atoms with Gasteiger partial charge in [0.2, 0.25) is 17.8 Å². The lowest BCUT2D eigenvalue weighted by Gasteiger charge is -2.28. The van der Waals surface area contributed by atoms with Gasteiger partial charge in [0.1, 0.15) is 5.75 Å². The molecule has 1 aliphatic rings. The molecule has 1 aliphatic heterocycles. The van der Waals surface area contributed by atoms with Crippen LogP contribution in [0.5, 0.6) is 5.75 Å². The summed E-state index contributed by atoms with van der Waals surface area (Å²) in [6.07, 6.45) is 3.68. The van der Waals surface area contributed by atoms with Crippen LogP contribution < -0.4 is 20.3 Å². The predicted octanol–water partition coefficient (Wildman–Crippen LogP) is 2.34. The molecule has 0 aliphatic carbocycles. The minimum Gasteiger partial charge on any atom is -0.494 e. The zero-order valence-corrected chi connectivity index (χ0v) is 22.4. The van der Waals surface area contributed by atoms with E-state index in [2.05, 4.69) is 42.0 Å². The number of halogens is 1. The molecule has 2 aromatic heterocycles. The van der Waals surface area contributed by atoms with Crippen molar-refractivity contribution in [3.05, 3.63) is 60.5 Å². The normalized spacial score (nSPS) is 12.6. The average molecular weight is 538 g/mol. The molecule has 0 saturated heterocycles. The van der Waals surface area contributed by atoms with Crippen LogP contribution in [0.2, 0.25) is 0 Å². The van der Waals surface area contributed by atoms with Gasteiger partial charge in [-0.3, -0.25) is 14.9 Å². The van der Waals surface area contributed by atoms with Crippen LogP contribution in [-0.2, 0) is 17.9 Å². The summed E-state index contributed by atoms with van der Waals surface area (Å²) in [4.78, 5) is 43.0. The summed E-state index contributed by atoms with van der Waals surface area (Å²) in [5.41, 5.74) is 1.89. The van der Waals surface area contributed by atoms with Gasteiger partial charge in [-0.1, -0.05) is 6.58 Å². The predicted molar refractivity (Wildman–Crippen MR) is 146 cm³/mol. The first-order valence-corrected chi connectivity index (χ1v) is 12.3. The van der Waals surface area contributed by atoms with Crippen molar-refractivity contribution in [3.63, 3.8) is 0 Å². The van der Waals surface area contributed by atoms with Crippen molar-refractivity contribution >= 4 is 35.1 Å². The van der Waals surface area contributed by atoms with Crippen LogP contribution in [-0.4, -0.2) is 89.0 Å². The number of anilines is 4. The first-order chi connectivity index (χ1) is 18.7. The molecule has 12 nitrogen and oxygen atoms in total. The molecule has 13 heteroatoms. The Morgan fingerprint density at radius 3 is 2.69 bits per heavy atom. The highest BCUT2D eigenvalue weighted by Gasteiger charge is 2.27. The standard InChI is InChI=1S/C26H32FN9O3/c1-6-22(37)31-26-29-14-18-16-35(11-12-36(18)26)24(38)23-19(27)15-28-25(32-23)30-20-8-7-17(13-21(20)39-5)34(4)10-9-33(2)3/h6-8,13-15H,1,9-12,16H2,2-5H3,(H,28,30,32)(H,29,31,37). The van der Waals surface area contributed by atoms with E-state index in [0.29, 0.717) is 29.6 Å². The molecule has 206 valence electrons. The first-order valence-electron chi connectivity index (χ1n) is 12.3. The summed E-state index contributed by atoms with van der Waals surface area (Å²) in [6.45, 7) is 5.99. The van der Waals surface area contributed by atoms with Gasteiger partial charge in [-0.05, 0) is 32.3 Å². The molecule has 0 spiro atoms. The van der Waals surface area contributed by atoms with Crippen LogP contribution in [0.1, 0.15) is 16.2 Å². The molecule has 0 radical (unpaired) electrons. The number of aromatic nitrogens is 4. The number of benzene rings is 1.